The highest BCUT2D eigenvalue weighted by molar-refractivity contribution is 8.03. The van der Waals surface area contributed by atoms with Crippen molar-refractivity contribution in [2.24, 2.45) is 0 Å². The quantitative estimate of drug-likeness (QED) is 0.682. The molecule has 5 nitrogen and oxygen atoms in total. The monoisotopic (exact) mass is 398 g/mol. The standard InChI is InChI=1S/C15H15ClN4OS3/c1-3-6-22-14-19-20-15(24-14)23-9(2)13(21)18-11-5-4-10(8-17)12(16)7-11/h4-5,7,9H,3,6H2,1-2H3,(H,18,21)/t9-/m0/s1. The number of carbonyl (C=O) groups is 1. The van der Waals surface area contributed by atoms with Gasteiger partial charge in [0.2, 0.25) is 5.91 Å². The van der Waals surface area contributed by atoms with Gasteiger partial charge < -0.3 is 5.32 Å². The Bertz CT molecular complexity index is 759. The molecule has 2 rings (SSSR count). The first-order chi connectivity index (χ1) is 11.5. The molecule has 1 heterocycles. The average molecular weight is 399 g/mol. The van der Waals surface area contributed by atoms with Crippen molar-refractivity contribution in [3.05, 3.63) is 28.8 Å². The van der Waals surface area contributed by atoms with Gasteiger partial charge in [0.25, 0.3) is 0 Å². The summed E-state index contributed by atoms with van der Waals surface area (Å²) in [6, 6.07) is 6.79. The number of hydrogen-bond acceptors (Lipinski definition) is 7. The van der Waals surface area contributed by atoms with Crippen molar-refractivity contribution < 1.29 is 4.79 Å². The first-order valence-corrected chi connectivity index (χ1v) is 10.2. The summed E-state index contributed by atoms with van der Waals surface area (Å²) in [5.41, 5.74) is 0.941. The second-order valence-corrected chi connectivity index (χ2v) is 9.05. The number of halogens is 1. The summed E-state index contributed by atoms with van der Waals surface area (Å²) in [4.78, 5) is 12.3. The highest BCUT2D eigenvalue weighted by atomic mass is 35.5. The molecule has 0 aliphatic carbocycles. The molecule has 126 valence electrons. The summed E-state index contributed by atoms with van der Waals surface area (Å²) < 4.78 is 1.69. The lowest BCUT2D eigenvalue weighted by Crippen LogP contribution is -2.22. The lowest BCUT2D eigenvalue weighted by molar-refractivity contribution is -0.115. The molecule has 0 aliphatic heterocycles. The van der Waals surface area contributed by atoms with E-state index >= 15 is 0 Å². The molecule has 1 amide bonds. The number of nitrogens with zero attached hydrogens (tertiary/aromatic N) is 3. The van der Waals surface area contributed by atoms with E-state index in [4.69, 9.17) is 16.9 Å². The van der Waals surface area contributed by atoms with Crippen LogP contribution < -0.4 is 5.32 Å². The molecule has 1 aromatic carbocycles. The molecule has 0 saturated heterocycles. The summed E-state index contributed by atoms with van der Waals surface area (Å²) in [5, 5.41) is 19.9. The van der Waals surface area contributed by atoms with Crippen LogP contribution in [0.2, 0.25) is 5.02 Å². The first kappa shape index (κ1) is 19.1. The lowest BCUT2D eigenvalue weighted by atomic mass is 10.2. The Balaban J connectivity index is 1.93. The van der Waals surface area contributed by atoms with Gasteiger partial charge >= 0.3 is 0 Å². The van der Waals surface area contributed by atoms with Gasteiger partial charge in [-0.25, -0.2) is 0 Å². The Hall–Kier alpha value is -1.27. The van der Waals surface area contributed by atoms with Crippen LogP contribution in [0.25, 0.3) is 0 Å². The molecule has 0 aliphatic rings. The third-order valence-corrected chi connectivity index (χ3v) is 6.58. The zero-order valence-corrected chi connectivity index (χ0v) is 16.3. The van der Waals surface area contributed by atoms with Crippen molar-refractivity contribution in [2.45, 2.75) is 34.2 Å². The van der Waals surface area contributed by atoms with Crippen LogP contribution in [0.1, 0.15) is 25.8 Å². The summed E-state index contributed by atoms with van der Waals surface area (Å²) >= 11 is 10.5. The number of nitriles is 1. The fourth-order valence-corrected chi connectivity index (χ4v) is 4.94. The van der Waals surface area contributed by atoms with E-state index < -0.39 is 0 Å². The van der Waals surface area contributed by atoms with Crippen molar-refractivity contribution in [1.82, 2.24) is 10.2 Å². The van der Waals surface area contributed by atoms with Gasteiger partial charge in [-0.2, -0.15) is 5.26 Å². The van der Waals surface area contributed by atoms with E-state index in [2.05, 4.69) is 22.4 Å². The number of hydrogen-bond donors (Lipinski definition) is 1. The Labute approximate surface area is 158 Å². The van der Waals surface area contributed by atoms with Gasteiger partial charge in [0, 0.05) is 11.4 Å². The van der Waals surface area contributed by atoms with Gasteiger partial charge in [-0.15, -0.1) is 10.2 Å². The van der Waals surface area contributed by atoms with Crippen molar-refractivity contribution in [3.63, 3.8) is 0 Å². The van der Waals surface area contributed by atoms with E-state index in [-0.39, 0.29) is 11.2 Å². The van der Waals surface area contributed by atoms with Gasteiger partial charge in [-0.1, -0.05) is 53.4 Å². The molecule has 0 fully saturated rings. The molecule has 0 radical (unpaired) electrons. The minimum absolute atomic E-state index is 0.154. The number of thioether (sulfide) groups is 2. The largest absolute Gasteiger partial charge is 0.325 e. The van der Waals surface area contributed by atoms with Gasteiger partial charge in [0.05, 0.1) is 15.8 Å². The van der Waals surface area contributed by atoms with Crippen LogP contribution in [0.4, 0.5) is 5.69 Å². The predicted octanol–water partition coefficient (Wildman–Crippen LogP) is 4.68. The van der Waals surface area contributed by atoms with Crippen LogP contribution in [0, 0.1) is 11.3 Å². The summed E-state index contributed by atoms with van der Waals surface area (Å²) in [7, 11) is 0. The third kappa shape index (κ3) is 5.38. The molecule has 1 N–H and O–H groups in total. The third-order valence-electron chi connectivity index (χ3n) is 2.82. The van der Waals surface area contributed by atoms with Gasteiger partial charge in [-0.05, 0) is 31.5 Å². The van der Waals surface area contributed by atoms with E-state index in [1.165, 1.54) is 23.1 Å². The average Bonchev–Trinajstić information content (AvgIpc) is 3.00. The van der Waals surface area contributed by atoms with Crippen LogP contribution in [-0.2, 0) is 4.79 Å². The van der Waals surface area contributed by atoms with Crippen LogP contribution >= 0.6 is 46.5 Å². The van der Waals surface area contributed by atoms with Crippen LogP contribution in [0.5, 0.6) is 0 Å². The summed E-state index contributed by atoms with van der Waals surface area (Å²) in [6.45, 7) is 3.93. The van der Waals surface area contributed by atoms with Crippen molar-refractivity contribution in [3.8, 4) is 6.07 Å². The van der Waals surface area contributed by atoms with E-state index in [1.807, 2.05) is 13.0 Å². The highest BCUT2D eigenvalue weighted by Crippen LogP contribution is 2.32. The Morgan fingerprint density at radius 2 is 2.21 bits per heavy atom. The molecule has 2 aromatic rings. The molecule has 0 saturated carbocycles. The first-order valence-electron chi connectivity index (χ1n) is 7.17. The molecule has 0 spiro atoms. The minimum atomic E-state index is -0.323. The van der Waals surface area contributed by atoms with E-state index in [1.54, 1.807) is 30.0 Å². The topological polar surface area (TPSA) is 78.7 Å². The van der Waals surface area contributed by atoms with E-state index in [9.17, 15) is 4.79 Å². The molecule has 9 heteroatoms. The number of carbonyl (C=O) groups excluding carboxylic acids is 1. The molecular weight excluding hydrogens is 384 g/mol. The number of amides is 1. The van der Waals surface area contributed by atoms with Crippen molar-refractivity contribution in [2.75, 3.05) is 11.1 Å². The number of benzene rings is 1. The molecular formula is C15H15ClN4OS3. The lowest BCUT2D eigenvalue weighted by Gasteiger charge is -2.10. The normalized spacial score (nSPS) is 11.8. The molecule has 24 heavy (non-hydrogen) atoms. The van der Waals surface area contributed by atoms with Gasteiger partial charge in [0.15, 0.2) is 8.68 Å². The maximum Gasteiger partial charge on any atom is 0.237 e. The molecule has 0 bridgehead atoms. The number of aromatic nitrogens is 2. The smallest absolute Gasteiger partial charge is 0.237 e. The van der Waals surface area contributed by atoms with Crippen molar-refractivity contribution in [1.29, 1.82) is 5.26 Å². The molecule has 1 aromatic heterocycles. The van der Waals surface area contributed by atoms with Gasteiger partial charge in [-0.3, -0.25) is 4.79 Å². The van der Waals surface area contributed by atoms with E-state index in [0.717, 1.165) is 20.9 Å². The number of rotatable bonds is 7. The summed E-state index contributed by atoms with van der Waals surface area (Å²) in [6.07, 6.45) is 1.08. The maximum absolute atomic E-state index is 12.3. The zero-order valence-electron chi connectivity index (χ0n) is 13.1. The Kier molecular flexibility index (Phi) is 7.37. The zero-order chi connectivity index (χ0) is 17.5. The number of nitrogens with one attached hydrogen (secondary N) is 1. The second-order valence-electron chi connectivity index (χ2n) is 4.74. The summed E-state index contributed by atoms with van der Waals surface area (Å²) in [5.74, 6) is 0.855. The fourth-order valence-electron chi connectivity index (χ4n) is 1.62. The molecule has 1 atom stereocenters. The van der Waals surface area contributed by atoms with Crippen molar-refractivity contribution >= 4 is 58.1 Å². The molecule has 0 unspecified atom stereocenters. The minimum Gasteiger partial charge on any atom is -0.325 e. The van der Waals surface area contributed by atoms with Gasteiger partial charge in [0.1, 0.15) is 6.07 Å². The SMILES string of the molecule is CCCSc1nnc(S[C@@H](C)C(=O)Nc2ccc(C#N)c(Cl)c2)s1. The van der Waals surface area contributed by atoms with Crippen LogP contribution in [-0.4, -0.2) is 27.1 Å². The number of anilines is 1. The fraction of sp³-hybridized carbons (Fsp3) is 0.333. The van der Waals surface area contributed by atoms with Crippen LogP contribution in [0.3, 0.4) is 0 Å². The Morgan fingerprint density at radius 1 is 1.46 bits per heavy atom. The van der Waals surface area contributed by atoms with Crippen LogP contribution in [0.15, 0.2) is 26.9 Å². The van der Waals surface area contributed by atoms with E-state index in [0.29, 0.717) is 16.3 Å². The highest BCUT2D eigenvalue weighted by Gasteiger charge is 2.18. The maximum atomic E-state index is 12.3. The predicted molar refractivity (Wildman–Crippen MR) is 101 cm³/mol. The second kappa shape index (κ2) is 9.28. The Morgan fingerprint density at radius 3 is 2.88 bits per heavy atom.